The van der Waals surface area contributed by atoms with Crippen LogP contribution in [0.15, 0.2) is 12.4 Å². The summed E-state index contributed by atoms with van der Waals surface area (Å²) in [5.74, 6) is 0.489. The number of hydrogen-bond donors (Lipinski definition) is 1. The quantitative estimate of drug-likeness (QED) is 0.916. The molecule has 1 aromatic rings. The number of carbonyl (C=O) groups is 1. The number of aryl methyl sites for hydroxylation is 1. The topological polar surface area (TPSA) is 59.4 Å². The maximum absolute atomic E-state index is 14.3. The number of nitrogens with zero attached hydrogens (tertiary/aromatic N) is 3. The van der Waals surface area contributed by atoms with Crippen LogP contribution in [0.25, 0.3) is 0 Å². The van der Waals surface area contributed by atoms with Crippen LogP contribution in [0.3, 0.4) is 0 Å². The van der Waals surface area contributed by atoms with Crippen LogP contribution in [0.5, 0.6) is 0 Å². The van der Waals surface area contributed by atoms with E-state index in [1.54, 1.807) is 11.1 Å². The first-order valence-electron chi connectivity index (χ1n) is 8.36. The molecule has 1 spiro atoms. The number of aromatic nitrogens is 2. The fourth-order valence-electron chi connectivity index (χ4n) is 3.91. The van der Waals surface area contributed by atoms with Crippen molar-refractivity contribution in [3.8, 4) is 0 Å². The number of carbonyl (C=O) groups excluding carboxylic acids is 1. The largest absolute Gasteiger partial charge is 0.371 e. The molecular weight excluding hydrogens is 299 g/mol. The number of alkyl halides is 1. The molecule has 1 N–H and O–H groups in total. The van der Waals surface area contributed by atoms with E-state index in [9.17, 15) is 9.18 Å². The zero-order valence-electron chi connectivity index (χ0n) is 13.4. The zero-order chi connectivity index (χ0) is 16.1. The Kier molecular flexibility index (Phi) is 3.37. The van der Waals surface area contributed by atoms with E-state index >= 15 is 0 Å². The predicted molar refractivity (Wildman–Crippen MR) is 82.8 cm³/mol. The third-order valence-corrected chi connectivity index (χ3v) is 5.50. The maximum atomic E-state index is 14.3. The first kappa shape index (κ1) is 14.9. The van der Waals surface area contributed by atoms with Crippen LogP contribution < -0.4 is 5.32 Å². The van der Waals surface area contributed by atoms with Crippen molar-refractivity contribution in [1.82, 2.24) is 14.5 Å². The molecule has 3 fully saturated rings. The van der Waals surface area contributed by atoms with Gasteiger partial charge < -0.3 is 19.5 Å². The molecule has 23 heavy (non-hydrogen) atoms. The summed E-state index contributed by atoms with van der Waals surface area (Å²) < 4.78 is 22.3. The Labute approximate surface area is 135 Å². The molecule has 2 aliphatic heterocycles. The second kappa shape index (κ2) is 5.19. The molecule has 1 saturated carbocycles. The van der Waals surface area contributed by atoms with Gasteiger partial charge in [0.15, 0.2) is 5.67 Å². The normalized spacial score (nSPS) is 32.3. The van der Waals surface area contributed by atoms with Gasteiger partial charge in [0.2, 0.25) is 5.95 Å². The number of ether oxygens (including phenoxy) is 1. The van der Waals surface area contributed by atoms with Crippen LogP contribution in [-0.2, 0) is 16.6 Å². The van der Waals surface area contributed by atoms with Gasteiger partial charge >= 0.3 is 0 Å². The first-order chi connectivity index (χ1) is 11.0. The van der Waals surface area contributed by atoms with Crippen LogP contribution in [0.4, 0.5) is 10.3 Å². The summed E-state index contributed by atoms with van der Waals surface area (Å²) >= 11 is 0. The summed E-state index contributed by atoms with van der Waals surface area (Å²) in [7, 11) is 1.94. The van der Waals surface area contributed by atoms with Crippen LogP contribution in [0.2, 0.25) is 0 Å². The molecule has 3 aliphatic rings. The van der Waals surface area contributed by atoms with Gasteiger partial charge in [0, 0.05) is 39.0 Å². The Balaban J connectivity index is 1.37. The summed E-state index contributed by atoms with van der Waals surface area (Å²) in [4.78, 5) is 18.3. The van der Waals surface area contributed by atoms with Crippen LogP contribution in [0, 0.1) is 0 Å². The Morgan fingerprint density at radius 3 is 2.96 bits per heavy atom. The third kappa shape index (κ3) is 2.51. The van der Waals surface area contributed by atoms with Crippen molar-refractivity contribution in [1.29, 1.82) is 0 Å². The Hall–Kier alpha value is -1.63. The van der Waals surface area contributed by atoms with E-state index in [4.69, 9.17) is 4.74 Å². The van der Waals surface area contributed by atoms with E-state index in [-0.39, 0.29) is 17.6 Å². The Morgan fingerprint density at radius 2 is 2.30 bits per heavy atom. The summed E-state index contributed by atoms with van der Waals surface area (Å²) in [5, 5.41) is 3.39. The fourth-order valence-corrected chi connectivity index (χ4v) is 3.91. The smallest absolute Gasteiger partial charge is 0.260 e. The van der Waals surface area contributed by atoms with E-state index in [2.05, 4.69) is 10.3 Å². The first-order valence-corrected chi connectivity index (χ1v) is 8.36. The second-order valence-electron chi connectivity index (χ2n) is 7.20. The summed E-state index contributed by atoms with van der Waals surface area (Å²) in [6.45, 7) is 1.70. The van der Waals surface area contributed by atoms with Crippen molar-refractivity contribution >= 4 is 11.9 Å². The lowest BCUT2D eigenvalue weighted by molar-refractivity contribution is -0.149. The van der Waals surface area contributed by atoms with Crippen molar-refractivity contribution in [2.24, 2.45) is 7.05 Å². The van der Waals surface area contributed by atoms with Crippen molar-refractivity contribution < 1.29 is 13.9 Å². The van der Waals surface area contributed by atoms with Crippen LogP contribution in [-0.4, -0.2) is 57.4 Å². The van der Waals surface area contributed by atoms with Crippen molar-refractivity contribution in [3.05, 3.63) is 12.4 Å². The highest BCUT2D eigenvalue weighted by molar-refractivity contribution is 5.86. The van der Waals surface area contributed by atoms with Gasteiger partial charge in [-0.25, -0.2) is 9.37 Å². The molecule has 0 radical (unpaired) electrons. The zero-order valence-corrected chi connectivity index (χ0v) is 13.4. The van der Waals surface area contributed by atoms with Gasteiger partial charge in [0.25, 0.3) is 5.91 Å². The monoisotopic (exact) mass is 322 g/mol. The van der Waals surface area contributed by atoms with E-state index < -0.39 is 5.67 Å². The average molecular weight is 322 g/mol. The fraction of sp³-hybridized carbons (Fsp3) is 0.750. The van der Waals surface area contributed by atoms with Crippen molar-refractivity contribution in [2.45, 2.75) is 49.4 Å². The standard InChI is InChI=1S/C16H23FN4O2/c1-20-8-6-18-14(20)19-12-9-15(23-10-12)5-7-21(11-15)13(22)16(17)3-2-4-16/h6,8,12H,2-5,7,9-11H2,1H3,(H,18,19). The summed E-state index contributed by atoms with van der Waals surface area (Å²) in [6, 6.07) is 0.175. The van der Waals surface area contributed by atoms with E-state index in [1.165, 1.54) is 0 Å². The Morgan fingerprint density at radius 1 is 1.48 bits per heavy atom. The molecule has 0 bridgehead atoms. The van der Waals surface area contributed by atoms with Gasteiger partial charge in [-0.2, -0.15) is 0 Å². The molecular formula is C16H23FN4O2. The Bertz CT molecular complexity index is 615. The van der Waals surface area contributed by atoms with Crippen molar-refractivity contribution in [2.75, 3.05) is 25.0 Å². The van der Waals surface area contributed by atoms with Gasteiger partial charge in [0.05, 0.1) is 18.2 Å². The average Bonchev–Trinajstić information content (AvgIpc) is 3.20. The number of amides is 1. The number of halogens is 1. The third-order valence-electron chi connectivity index (χ3n) is 5.50. The van der Waals surface area contributed by atoms with Crippen molar-refractivity contribution in [3.63, 3.8) is 0 Å². The van der Waals surface area contributed by atoms with Gasteiger partial charge in [-0.1, -0.05) is 0 Å². The highest BCUT2D eigenvalue weighted by atomic mass is 19.1. The number of likely N-dealkylation sites (tertiary alicyclic amines) is 1. The number of nitrogens with one attached hydrogen (secondary N) is 1. The minimum absolute atomic E-state index is 0.175. The predicted octanol–water partition coefficient (Wildman–Crippen LogP) is 1.48. The minimum Gasteiger partial charge on any atom is -0.371 e. The molecule has 1 aliphatic carbocycles. The molecule has 0 aromatic carbocycles. The highest BCUT2D eigenvalue weighted by Gasteiger charge is 2.52. The molecule has 4 rings (SSSR count). The molecule has 3 heterocycles. The van der Waals surface area contributed by atoms with E-state index in [0.29, 0.717) is 32.5 Å². The van der Waals surface area contributed by atoms with E-state index in [1.807, 2.05) is 17.8 Å². The number of anilines is 1. The van der Waals surface area contributed by atoms with Gasteiger partial charge in [0.1, 0.15) is 0 Å². The number of imidazole rings is 1. The molecule has 2 atom stereocenters. The number of rotatable bonds is 3. The molecule has 126 valence electrons. The molecule has 2 saturated heterocycles. The highest BCUT2D eigenvalue weighted by Crippen LogP contribution is 2.41. The number of hydrogen-bond acceptors (Lipinski definition) is 4. The van der Waals surface area contributed by atoms with Gasteiger partial charge in [-0.15, -0.1) is 0 Å². The molecule has 2 unspecified atom stereocenters. The van der Waals surface area contributed by atoms with E-state index in [0.717, 1.165) is 25.2 Å². The van der Waals surface area contributed by atoms with Gasteiger partial charge in [-0.3, -0.25) is 4.79 Å². The second-order valence-corrected chi connectivity index (χ2v) is 7.20. The van der Waals surface area contributed by atoms with Crippen LogP contribution >= 0.6 is 0 Å². The maximum Gasteiger partial charge on any atom is 0.260 e. The summed E-state index contributed by atoms with van der Waals surface area (Å²) in [5.41, 5.74) is -1.92. The molecule has 1 aromatic heterocycles. The lowest BCUT2D eigenvalue weighted by atomic mass is 9.81. The minimum atomic E-state index is -1.60. The van der Waals surface area contributed by atoms with Crippen LogP contribution in [0.1, 0.15) is 32.1 Å². The molecule has 1 amide bonds. The molecule has 7 heteroatoms. The lowest BCUT2D eigenvalue weighted by Crippen LogP contribution is -2.50. The lowest BCUT2D eigenvalue weighted by Gasteiger charge is -2.36. The van der Waals surface area contributed by atoms with Gasteiger partial charge in [-0.05, 0) is 25.7 Å². The summed E-state index contributed by atoms with van der Waals surface area (Å²) in [6.07, 6.45) is 6.81. The SMILES string of the molecule is Cn1ccnc1NC1COC2(CCN(C(=O)C3(F)CCC3)C2)C1. The molecule has 6 nitrogen and oxygen atoms in total.